The zero-order valence-electron chi connectivity index (χ0n) is 12.2. The first-order valence-corrected chi connectivity index (χ1v) is 6.85. The number of urea groups is 1. The van der Waals surface area contributed by atoms with Crippen LogP contribution in [0.1, 0.15) is 29.8 Å². The van der Waals surface area contributed by atoms with Gasteiger partial charge in [-0.05, 0) is 43.2 Å². The zero-order chi connectivity index (χ0) is 15.9. The second-order valence-corrected chi connectivity index (χ2v) is 5.28. The van der Waals surface area contributed by atoms with Crippen molar-refractivity contribution in [2.24, 2.45) is 0 Å². The van der Waals surface area contributed by atoms with E-state index in [0.29, 0.717) is 5.69 Å². The summed E-state index contributed by atoms with van der Waals surface area (Å²) in [6.45, 7) is 3.70. The number of aromatic nitrogens is 1. The number of benzene rings is 1. The number of hydrogen-bond donors (Lipinski definition) is 3. The van der Waals surface area contributed by atoms with Crippen LogP contribution in [0, 0.1) is 18.3 Å². The molecule has 0 spiro atoms. The van der Waals surface area contributed by atoms with Gasteiger partial charge in [-0.2, -0.15) is 5.26 Å². The molecule has 1 atom stereocenters. The Balaban J connectivity index is 2.15. The van der Waals surface area contributed by atoms with Crippen molar-refractivity contribution in [3.05, 3.63) is 51.4 Å². The summed E-state index contributed by atoms with van der Waals surface area (Å²) in [5.41, 5.74) is 3.80. The lowest BCUT2D eigenvalue weighted by Crippen LogP contribution is -2.36. The quantitative estimate of drug-likeness (QED) is 0.753. The second-order valence-electron chi connectivity index (χ2n) is 5.28. The molecule has 1 aromatic carbocycles. The molecule has 6 heteroatoms. The van der Waals surface area contributed by atoms with Crippen molar-refractivity contribution in [3.8, 4) is 17.2 Å². The zero-order valence-corrected chi connectivity index (χ0v) is 12.2. The number of nitrogens with zero attached hydrogens (tertiary/aromatic N) is 1. The SMILES string of the molecule is Cc1[nH]c(=O)c(C#N)cc1-c1ccc2c(c1)C(C)NC(=O)N2. The second kappa shape index (κ2) is 5.04. The number of pyridine rings is 1. The molecular weight excluding hydrogens is 280 g/mol. The van der Waals surface area contributed by atoms with Crippen molar-refractivity contribution >= 4 is 11.7 Å². The van der Waals surface area contributed by atoms with Crippen LogP contribution in [0.15, 0.2) is 29.1 Å². The van der Waals surface area contributed by atoms with Crippen LogP contribution >= 0.6 is 0 Å². The van der Waals surface area contributed by atoms with Gasteiger partial charge in [0.25, 0.3) is 5.56 Å². The molecule has 2 aromatic rings. The van der Waals surface area contributed by atoms with Crippen LogP contribution < -0.4 is 16.2 Å². The monoisotopic (exact) mass is 294 g/mol. The van der Waals surface area contributed by atoms with E-state index in [1.807, 2.05) is 31.2 Å². The molecule has 3 N–H and O–H groups in total. The number of carbonyl (C=O) groups is 1. The van der Waals surface area contributed by atoms with E-state index in [2.05, 4.69) is 15.6 Å². The summed E-state index contributed by atoms with van der Waals surface area (Å²) in [6, 6.07) is 8.80. The predicted octanol–water partition coefficient (Wildman–Crippen LogP) is 2.42. The number of aryl methyl sites for hydroxylation is 1. The van der Waals surface area contributed by atoms with Crippen LogP contribution in [0.4, 0.5) is 10.5 Å². The van der Waals surface area contributed by atoms with Crippen molar-refractivity contribution in [2.75, 3.05) is 5.32 Å². The molecule has 2 amide bonds. The van der Waals surface area contributed by atoms with Gasteiger partial charge in [-0.25, -0.2) is 4.79 Å². The lowest BCUT2D eigenvalue weighted by molar-refractivity contribution is 0.248. The highest BCUT2D eigenvalue weighted by atomic mass is 16.2. The first-order chi connectivity index (χ1) is 10.5. The molecule has 0 saturated carbocycles. The minimum Gasteiger partial charge on any atom is -0.331 e. The van der Waals surface area contributed by atoms with Crippen LogP contribution in [-0.2, 0) is 0 Å². The van der Waals surface area contributed by atoms with E-state index in [0.717, 1.165) is 22.4 Å². The van der Waals surface area contributed by atoms with Gasteiger partial charge >= 0.3 is 6.03 Å². The minimum absolute atomic E-state index is 0.0813. The maximum Gasteiger partial charge on any atom is 0.319 e. The topological polar surface area (TPSA) is 97.8 Å². The fraction of sp³-hybridized carbons (Fsp3) is 0.188. The highest BCUT2D eigenvalue weighted by molar-refractivity contribution is 5.93. The molecule has 2 heterocycles. The minimum atomic E-state index is -0.385. The lowest BCUT2D eigenvalue weighted by Gasteiger charge is -2.25. The fourth-order valence-electron chi connectivity index (χ4n) is 2.64. The Morgan fingerprint density at radius 1 is 1.23 bits per heavy atom. The number of rotatable bonds is 1. The highest BCUT2D eigenvalue weighted by Gasteiger charge is 2.21. The molecule has 1 unspecified atom stereocenters. The van der Waals surface area contributed by atoms with Gasteiger partial charge in [0.15, 0.2) is 0 Å². The molecule has 3 rings (SSSR count). The Labute approximate surface area is 126 Å². The van der Waals surface area contributed by atoms with E-state index >= 15 is 0 Å². The Hall–Kier alpha value is -3.07. The normalized spacial score (nSPS) is 16.2. The van der Waals surface area contributed by atoms with Gasteiger partial charge in [0.1, 0.15) is 11.6 Å². The molecule has 22 heavy (non-hydrogen) atoms. The predicted molar refractivity (Wildman–Crippen MR) is 82.5 cm³/mol. The van der Waals surface area contributed by atoms with E-state index in [-0.39, 0.29) is 23.2 Å². The average Bonchev–Trinajstić information content (AvgIpc) is 2.47. The first kappa shape index (κ1) is 13.9. The Kier molecular flexibility index (Phi) is 3.18. The molecule has 0 saturated heterocycles. The molecule has 0 bridgehead atoms. The van der Waals surface area contributed by atoms with E-state index in [4.69, 9.17) is 5.26 Å². The van der Waals surface area contributed by atoms with E-state index < -0.39 is 0 Å². The van der Waals surface area contributed by atoms with E-state index in [1.165, 1.54) is 0 Å². The Morgan fingerprint density at radius 2 is 2.00 bits per heavy atom. The maximum atomic E-state index is 11.6. The fourth-order valence-corrected chi connectivity index (χ4v) is 2.64. The summed E-state index contributed by atoms with van der Waals surface area (Å²) in [5.74, 6) is 0. The molecule has 1 aliphatic rings. The largest absolute Gasteiger partial charge is 0.331 e. The summed E-state index contributed by atoms with van der Waals surface area (Å²) in [7, 11) is 0. The van der Waals surface area contributed by atoms with Crippen LogP contribution in [-0.4, -0.2) is 11.0 Å². The molecule has 0 radical (unpaired) electrons. The van der Waals surface area contributed by atoms with Gasteiger partial charge < -0.3 is 15.6 Å². The lowest BCUT2D eigenvalue weighted by atomic mass is 9.96. The molecule has 0 aliphatic carbocycles. The van der Waals surface area contributed by atoms with Crippen molar-refractivity contribution in [3.63, 3.8) is 0 Å². The third-order valence-corrected chi connectivity index (χ3v) is 3.78. The number of anilines is 1. The third-order valence-electron chi connectivity index (χ3n) is 3.78. The van der Waals surface area contributed by atoms with Crippen LogP contribution in [0.3, 0.4) is 0 Å². The molecule has 110 valence electrons. The number of carbonyl (C=O) groups excluding carboxylic acids is 1. The summed E-state index contributed by atoms with van der Waals surface area (Å²) in [6.07, 6.45) is 0. The molecule has 1 aromatic heterocycles. The number of aromatic amines is 1. The smallest absolute Gasteiger partial charge is 0.319 e. The van der Waals surface area contributed by atoms with Gasteiger partial charge in [-0.15, -0.1) is 0 Å². The van der Waals surface area contributed by atoms with Crippen molar-refractivity contribution in [1.82, 2.24) is 10.3 Å². The summed E-state index contributed by atoms with van der Waals surface area (Å²) in [5, 5.41) is 14.6. The highest BCUT2D eigenvalue weighted by Crippen LogP contribution is 2.32. The van der Waals surface area contributed by atoms with Crippen LogP contribution in [0.5, 0.6) is 0 Å². The number of fused-ring (bicyclic) bond motifs is 1. The molecule has 1 aliphatic heterocycles. The third kappa shape index (κ3) is 2.23. The summed E-state index contributed by atoms with van der Waals surface area (Å²) >= 11 is 0. The van der Waals surface area contributed by atoms with Gasteiger partial charge in [-0.3, -0.25) is 4.79 Å². The van der Waals surface area contributed by atoms with Crippen molar-refractivity contribution in [2.45, 2.75) is 19.9 Å². The number of nitrogens with one attached hydrogen (secondary N) is 3. The van der Waals surface area contributed by atoms with Gasteiger partial charge in [-0.1, -0.05) is 6.07 Å². The molecular formula is C16H14N4O2. The van der Waals surface area contributed by atoms with Crippen molar-refractivity contribution in [1.29, 1.82) is 5.26 Å². The number of H-pyrrole nitrogens is 1. The van der Waals surface area contributed by atoms with Gasteiger partial charge in [0.2, 0.25) is 0 Å². The first-order valence-electron chi connectivity index (χ1n) is 6.85. The summed E-state index contributed by atoms with van der Waals surface area (Å²) in [4.78, 5) is 25.8. The van der Waals surface area contributed by atoms with E-state index in [1.54, 1.807) is 13.0 Å². The van der Waals surface area contributed by atoms with Crippen LogP contribution in [0.25, 0.3) is 11.1 Å². The van der Waals surface area contributed by atoms with Crippen molar-refractivity contribution < 1.29 is 4.79 Å². The Morgan fingerprint density at radius 3 is 2.73 bits per heavy atom. The summed E-state index contributed by atoms with van der Waals surface area (Å²) < 4.78 is 0. The standard InChI is InChI=1S/C16H14N4O2/c1-8-12(6-11(7-17)15(21)18-8)10-3-4-14-13(5-10)9(2)19-16(22)20-14/h3-6,9H,1-2H3,(H,18,21)(H2,19,20,22). The Bertz CT molecular complexity index is 877. The molecule has 6 nitrogen and oxygen atoms in total. The number of nitriles is 1. The molecule has 0 fully saturated rings. The van der Waals surface area contributed by atoms with E-state index in [9.17, 15) is 9.59 Å². The number of amides is 2. The van der Waals surface area contributed by atoms with Gasteiger partial charge in [0.05, 0.1) is 6.04 Å². The average molecular weight is 294 g/mol. The number of hydrogen-bond acceptors (Lipinski definition) is 3. The maximum absolute atomic E-state index is 11.6. The van der Waals surface area contributed by atoms with Crippen LogP contribution in [0.2, 0.25) is 0 Å². The van der Waals surface area contributed by atoms with Gasteiger partial charge in [0, 0.05) is 16.9 Å².